The maximum Gasteiger partial charge on any atom is 0.238 e. The van der Waals surface area contributed by atoms with Gasteiger partial charge < -0.3 is 0 Å². The quantitative estimate of drug-likeness (QED) is 0.0595. The van der Waals surface area contributed by atoms with Crippen LogP contribution in [0.1, 0.15) is 194 Å². The van der Waals surface area contributed by atoms with Gasteiger partial charge in [0.2, 0.25) is 12.9 Å². The number of unbranched alkanes of at least 4 members (excludes halogenated alkanes) is 16. The molecule has 0 aliphatic heterocycles. The van der Waals surface area contributed by atoms with Crippen LogP contribution in [-0.2, 0) is 0 Å². The van der Waals surface area contributed by atoms with Gasteiger partial charge in [-0.2, -0.15) is 0 Å². The first-order valence-corrected chi connectivity index (χ1v) is 17.1. The van der Waals surface area contributed by atoms with Crippen LogP contribution < -0.4 is 0 Å². The van der Waals surface area contributed by atoms with E-state index in [9.17, 15) is 17.6 Å². The van der Waals surface area contributed by atoms with Gasteiger partial charge in [-0.3, -0.25) is 0 Å². The smallest absolute Gasteiger partial charge is 0.211 e. The van der Waals surface area contributed by atoms with Crippen molar-refractivity contribution >= 4 is 0 Å². The zero-order valence-electron chi connectivity index (χ0n) is 25.6. The fourth-order valence-electron chi connectivity index (χ4n) is 5.93. The molecule has 0 aliphatic carbocycles. The second-order valence-corrected chi connectivity index (χ2v) is 12.2. The van der Waals surface area contributed by atoms with Gasteiger partial charge in [-0.1, -0.05) is 168 Å². The van der Waals surface area contributed by atoms with Crippen molar-refractivity contribution in [3.63, 3.8) is 0 Å². The largest absolute Gasteiger partial charge is 0.238 e. The van der Waals surface area contributed by atoms with Crippen molar-refractivity contribution in [3.05, 3.63) is 0 Å². The van der Waals surface area contributed by atoms with E-state index in [-0.39, 0.29) is 12.8 Å². The van der Waals surface area contributed by atoms with Gasteiger partial charge in [-0.25, -0.2) is 17.6 Å². The van der Waals surface area contributed by atoms with E-state index in [4.69, 9.17) is 0 Å². The second kappa shape index (κ2) is 29.7. The van der Waals surface area contributed by atoms with E-state index in [1.54, 1.807) is 0 Å². The van der Waals surface area contributed by atoms with E-state index >= 15 is 0 Å². The normalized spacial score (nSPS) is 13.6. The van der Waals surface area contributed by atoms with Gasteiger partial charge in [0.05, 0.1) is 0 Å². The highest BCUT2D eigenvalue weighted by Gasteiger charge is 2.15. The van der Waals surface area contributed by atoms with Crippen molar-refractivity contribution in [3.8, 4) is 0 Å². The van der Waals surface area contributed by atoms with E-state index in [1.165, 1.54) is 128 Å². The van der Waals surface area contributed by atoms with E-state index in [1.807, 2.05) is 0 Å². The lowest BCUT2D eigenvalue weighted by Crippen LogP contribution is -2.08. The summed E-state index contributed by atoms with van der Waals surface area (Å²) in [5.74, 6) is 1.46. The molecule has 0 aromatic rings. The molecule has 230 valence electrons. The summed E-state index contributed by atoms with van der Waals surface area (Å²) in [5.41, 5.74) is 0. The van der Waals surface area contributed by atoms with Crippen LogP contribution in [0.3, 0.4) is 0 Å². The molecular weight excluding hydrogens is 484 g/mol. The average Bonchev–Trinajstić information content (AvgIpc) is 2.88. The predicted molar refractivity (Wildman–Crippen MR) is 160 cm³/mol. The first-order valence-electron chi connectivity index (χ1n) is 17.1. The first-order chi connectivity index (χ1) is 18.5. The molecule has 0 bridgehead atoms. The third-order valence-corrected chi connectivity index (χ3v) is 8.48. The van der Waals surface area contributed by atoms with E-state index < -0.39 is 12.9 Å². The molecule has 4 heteroatoms. The minimum Gasteiger partial charge on any atom is -0.211 e. The van der Waals surface area contributed by atoms with Crippen LogP contribution in [0.15, 0.2) is 0 Å². The zero-order chi connectivity index (χ0) is 28.1. The van der Waals surface area contributed by atoms with E-state index in [0.29, 0.717) is 12.8 Å². The van der Waals surface area contributed by atoms with Crippen LogP contribution in [-0.4, -0.2) is 12.9 Å². The summed E-state index contributed by atoms with van der Waals surface area (Å²) in [5, 5.41) is 0. The monoisotopic (exact) mass is 551 g/mol. The summed E-state index contributed by atoms with van der Waals surface area (Å²) < 4.78 is 50.0. The SMILES string of the molecule is CCCCCCCCCC(CCCCCC(F)F)CCC(CCCCCCCCC)CCCCCC(F)F. The molecule has 0 nitrogen and oxygen atoms in total. The Morgan fingerprint density at radius 3 is 0.816 bits per heavy atom. The Hall–Kier alpha value is -0.280. The fourth-order valence-corrected chi connectivity index (χ4v) is 5.93. The maximum atomic E-state index is 12.5. The van der Waals surface area contributed by atoms with Gasteiger partial charge >= 0.3 is 0 Å². The molecule has 0 aromatic heterocycles. The molecule has 0 amide bonds. The van der Waals surface area contributed by atoms with Crippen molar-refractivity contribution in [1.29, 1.82) is 0 Å². The van der Waals surface area contributed by atoms with Crippen molar-refractivity contribution < 1.29 is 17.6 Å². The minimum absolute atomic E-state index is 0.0501. The van der Waals surface area contributed by atoms with Gasteiger partial charge in [-0.15, -0.1) is 0 Å². The topological polar surface area (TPSA) is 0 Å². The Morgan fingerprint density at radius 2 is 0.526 bits per heavy atom. The van der Waals surface area contributed by atoms with Gasteiger partial charge in [0.25, 0.3) is 0 Å². The highest BCUT2D eigenvalue weighted by molar-refractivity contribution is 4.67. The van der Waals surface area contributed by atoms with Crippen LogP contribution in [0.4, 0.5) is 17.6 Å². The van der Waals surface area contributed by atoms with Crippen LogP contribution in [0.2, 0.25) is 0 Å². The Kier molecular flexibility index (Phi) is 29.5. The van der Waals surface area contributed by atoms with E-state index in [2.05, 4.69) is 13.8 Å². The molecule has 2 unspecified atom stereocenters. The van der Waals surface area contributed by atoms with Crippen molar-refractivity contribution in [1.82, 2.24) is 0 Å². The summed E-state index contributed by atoms with van der Waals surface area (Å²) >= 11 is 0. The summed E-state index contributed by atoms with van der Waals surface area (Å²) in [4.78, 5) is 0. The number of halogens is 4. The standard InChI is InChI=1S/C34H66F4/c1-3-5-7-9-11-13-17-23-31(25-19-15-21-27-33(35)36)29-30-32(26-20-16-22-28-34(37)38)24-18-14-12-10-8-6-4-2/h31-34H,3-30H2,1-2H3. The molecule has 0 fully saturated rings. The fraction of sp³-hybridized carbons (Fsp3) is 1.00. The Bertz CT molecular complexity index is 400. The number of hydrogen-bond donors (Lipinski definition) is 0. The third-order valence-electron chi connectivity index (χ3n) is 8.48. The van der Waals surface area contributed by atoms with Gasteiger partial charge in [-0.05, 0) is 24.7 Å². The van der Waals surface area contributed by atoms with Gasteiger partial charge in [0.15, 0.2) is 0 Å². The second-order valence-electron chi connectivity index (χ2n) is 12.2. The number of rotatable bonds is 31. The zero-order valence-corrected chi connectivity index (χ0v) is 25.6. The van der Waals surface area contributed by atoms with Gasteiger partial charge in [0, 0.05) is 12.8 Å². The molecule has 0 N–H and O–H groups in total. The summed E-state index contributed by atoms with van der Waals surface area (Å²) in [6, 6.07) is 0. The minimum atomic E-state index is -2.16. The molecule has 2 atom stereocenters. The average molecular weight is 551 g/mol. The first kappa shape index (κ1) is 37.7. The summed E-state index contributed by atoms with van der Waals surface area (Å²) in [6.07, 6.45) is 27.3. The lowest BCUT2D eigenvalue weighted by molar-refractivity contribution is 0.132. The molecular formula is C34H66F4. The van der Waals surface area contributed by atoms with Crippen molar-refractivity contribution in [2.75, 3.05) is 0 Å². The molecule has 0 radical (unpaired) electrons. The van der Waals surface area contributed by atoms with Crippen LogP contribution >= 0.6 is 0 Å². The highest BCUT2D eigenvalue weighted by atomic mass is 19.3. The molecule has 38 heavy (non-hydrogen) atoms. The molecule has 0 aromatic carbocycles. The number of alkyl halides is 4. The Labute approximate surface area is 235 Å². The Balaban J connectivity index is 4.57. The summed E-state index contributed by atoms with van der Waals surface area (Å²) in [7, 11) is 0. The van der Waals surface area contributed by atoms with Crippen LogP contribution in [0.5, 0.6) is 0 Å². The molecule has 0 rings (SSSR count). The van der Waals surface area contributed by atoms with Crippen LogP contribution in [0, 0.1) is 11.8 Å². The Morgan fingerprint density at radius 1 is 0.289 bits per heavy atom. The highest BCUT2D eigenvalue weighted by Crippen LogP contribution is 2.30. The van der Waals surface area contributed by atoms with Crippen LogP contribution in [0.25, 0.3) is 0 Å². The lowest BCUT2D eigenvalue weighted by Gasteiger charge is -2.22. The molecule has 0 aliphatic rings. The number of hydrogen-bond acceptors (Lipinski definition) is 0. The summed E-state index contributed by atoms with van der Waals surface area (Å²) in [6.45, 7) is 4.52. The predicted octanol–water partition coefficient (Wildman–Crippen LogP) is 13.7. The lowest BCUT2D eigenvalue weighted by atomic mass is 9.84. The maximum absolute atomic E-state index is 12.5. The van der Waals surface area contributed by atoms with Gasteiger partial charge in [0.1, 0.15) is 0 Å². The third kappa shape index (κ3) is 28.7. The molecule has 0 spiro atoms. The van der Waals surface area contributed by atoms with Crippen molar-refractivity contribution in [2.45, 2.75) is 206 Å². The molecule has 0 saturated carbocycles. The van der Waals surface area contributed by atoms with Crippen molar-refractivity contribution in [2.24, 2.45) is 11.8 Å². The molecule has 0 saturated heterocycles. The van der Waals surface area contributed by atoms with E-state index in [0.717, 1.165) is 37.5 Å². The molecule has 0 heterocycles.